The molecule has 0 bridgehead atoms. The fourth-order valence-corrected chi connectivity index (χ4v) is 3.74. The summed E-state index contributed by atoms with van der Waals surface area (Å²) in [4.78, 5) is 0. The van der Waals surface area contributed by atoms with E-state index < -0.39 is 10.2 Å². The Morgan fingerprint density at radius 2 is 2.00 bits per heavy atom. The molecule has 2 N–H and O–H groups in total. The van der Waals surface area contributed by atoms with Crippen LogP contribution in [0.25, 0.3) is 0 Å². The second-order valence-corrected chi connectivity index (χ2v) is 6.98. The van der Waals surface area contributed by atoms with Gasteiger partial charge in [-0.1, -0.05) is 6.92 Å². The van der Waals surface area contributed by atoms with Gasteiger partial charge in [0, 0.05) is 25.7 Å². The summed E-state index contributed by atoms with van der Waals surface area (Å²) >= 11 is 0. The zero-order chi connectivity index (χ0) is 12.3. The molecule has 100 valence electrons. The Morgan fingerprint density at radius 3 is 2.59 bits per heavy atom. The third-order valence-electron chi connectivity index (χ3n) is 3.76. The first-order valence-corrected chi connectivity index (χ1v) is 8.00. The number of hydrogen-bond donors (Lipinski definition) is 2. The van der Waals surface area contributed by atoms with Crippen LogP contribution in [0.5, 0.6) is 0 Å². The normalized spacial score (nSPS) is 28.6. The van der Waals surface area contributed by atoms with E-state index >= 15 is 0 Å². The molecule has 2 fully saturated rings. The Bertz CT molecular complexity index is 331. The van der Waals surface area contributed by atoms with Crippen molar-refractivity contribution in [1.82, 2.24) is 14.3 Å². The summed E-state index contributed by atoms with van der Waals surface area (Å²) < 4.78 is 28.4. The number of piperidine rings is 1. The molecular formula is C11H23N3O2S. The predicted octanol–water partition coefficient (Wildman–Crippen LogP) is 0.305. The van der Waals surface area contributed by atoms with E-state index in [1.165, 1.54) is 0 Å². The van der Waals surface area contributed by atoms with Gasteiger partial charge in [0.1, 0.15) is 0 Å². The zero-order valence-corrected chi connectivity index (χ0v) is 11.3. The highest BCUT2D eigenvalue weighted by molar-refractivity contribution is 7.87. The van der Waals surface area contributed by atoms with Crippen LogP contribution in [0.3, 0.4) is 0 Å². The zero-order valence-electron chi connectivity index (χ0n) is 10.5. The minimum Gasteiger partial charge on any atom is -0.313 e. The predicted molar refractivity (Wildman–Crippen MR) is 67.9 cm³/mol. The van der Waals surface area contributed by atoms with Gasteiger partial charge in [-0.3, -0.25) is 0 Å². The van der Waals surface area contributed by atoms with Gasteiger partial charge in [-0.15, -0.1) is 0 Å². The molecule has 2 heterocycles. The molecule has 2 aliphatic rings. The Morgan fingerprint density at radius 1 is 1.29 bits per heavy atom. The average molecular weight is 261 g/mol. The van der Waals surface area contributed by atoms with Crippen LogP contribution < -0.4 is 10.0 Å². The van der Waals surface area contributed by atoms with Crippen molar-refractivity contribution < 1.29 is 8.42 Å². The molecular weight excluding hydrogens is 238 g/mol. The van der Waals surface area contributed by atoms with Gasteiger partial charge in [0.05, 0.1) is 0 Å². The highest BCUT2D eigenvalue weighted by atomic mass is 32.2. The lowest BCUT2D eigenvalue weighted by Gasteiger charge is -2.29. The van der Waals surface area contributed by atoms with Gasteiger partial charge in [-0.25, -0.2) is 4.72 Å². The first-order valence-electron chi connectivity index (χ1n) is 6.56. The van der Waals surface area contributed by atoms with E-state index in [9.17, 15) is 8.42 Å². The van der Waals surface area contributed by atoms with Crippen molar-refractivity contribution in [2.75, 3.05) is 26.2 Å². The Labute approximate surface area is 104 Å². The van der Waals surface area contributed by atoms with Crippen molar-refractivity contribution in [3.63, 3.8) is 0 Å². The summed E-state index contributed by atoms with van der Waals surface area (Å²) in [5.41, 5.74) is 0. The van der Waals surface area contributed by atoms with Crippen LogP contribution in [0.2, 0.25) is 0 Å². The second kappa shape index (κ2) is 5.65. The lowest BCUT2D eigenvalue weighted by atomic mass is 10.0. The van der Waals surface area contributed by atoms with Gasteiger partial charge in [0.25, 0.3) is 10.2 Å². The molecule has 6 heteroatoms. The maximum atomic E-state index is 12.0. The molecule has 0 aromatic carbocycles. The van der Waals surface area contributed by atoms with Crippen LogP contribution in [0.1, 0.15) is 32.6 Å². The minimum absolute atomic E-state index is 0.313. The van der Waals surface area contributed by atoms with Gasteiger partial charge < -0.3 is 5.32 Å². The molecule has 5 nitrogen and oxygen atoms in total. The summed E-state index contributed by atoms with van der Waals surface area (Å²) in [6.07, 6.45) is 4.17. The van der Waals surface area contributed by atoms with Crippen LogP contribution in [0.15, 0.2) is 0 Å². The largest absolute Gasteiger partial charge is 0.313 e. The van der Waals surface area contributed by atoms with Gasteiger partial charge in [0.15, 0.2) is 0 Å². The summed E-state index contributed by atoms with van der Waals surface area (Å²) in [5.74, 6) is 0.651. The topological polar surface area (TPSA) is 61.4 Å². The van der Waals surface area contributed by atoms with Crippen LogP contribution in [0, 0.1) is 5.92 Å². The molecule has 2 aliphatic heterocycles. The van der Waals surface area contributed by atoms with E-state index in [1.54, 1.807) is 4.31 Å². The molecule has 0 saturated carbocycles. The van der Waals surface area contributed by atoms with Crippen molar-refractivity contribution in [2.24, 2.45) is 5.92 Å². The van der Waals surface area contributed by atoms with Crippen LogP contribution in [-0.4, -0.2) is 44.9 Å². The lowest BCUT2D eigenvalue weighted by Crippen LogP contribution is -2.47. The Balaban J connectivity index is 1.81. The van der Waals surface area contributed by atoms with Crippen molar-refractivity contribution in [2.45, 2.75) is 38.6 Å². The molecule has 0 spiro atoms. The van der Waals surface area contributed by atoms with Gasteiger partial charge >= 0.3 is 0 Å². The monoisotopic (exact) mass is 261 g/mol. The molecule has 2 saturated heterocycles. The number of nitrogens with zero attached hydrogens (tertiary/aromatic N) is 1. The quantitative estimate of drug-likeness (QED) is 0.765. The summed E-state index contributed by atoms with van der Waals surface area (Å²) in [6, 6.07) is 0.313. The maximum Gasteiger partial charge on any atom is 0.279 e. The fraction of sp³-hybridized carbons (Fsp3) is 1.00. The fourth-order valence-electron chi connectivity index (χ4n) is 2.45. The lowest BCUT2D eigenvalue weighted by molar-refractivity contribution is 0.284. The molecule has 0 aliphatic carbocycles. The summed E-state index contributed by atoms with van der Waals surface area (Å²) in [7, 11) is -3.25. The van der Waals surface area contributed by atoms with Gasteiger partial charge in [0.2, 0.25) is 0 Å². The molecule has 0 aromatic rings. The standard InChI is InChI=1S/C11H23N3O2S/c1-10-4-7-14(8-5-10)17(15,16)13-9-11-3-2-6-12-11/h10-13H,2-9H2,1H3. The highest BCUT2D eigenvalue weighted by Crippen LogP contribution is 2.18. The van der Waals surface area contributed by atoms with E-state index in [1.807, 2.05) is 0 Å². The molecule has 1 unspecified atom stereocenters. The molecule has 0 amide bonds. The molecule has 2 rings (SSSR count). The summed E-state index contributed by atoms with van der Waals surface area (Å²) in [6.45, 7) is 5.03. The van der Waals surface area contributed by atoms with Crippen molar-refractivity contribution in [1.29, 1.82) is 0 Å². The first kappa shape index (κ1) is 13.3. The summed E-state index contributed by atoms with van der Waals surface area (Å²) in [5, 5.41) is 3.29. The average Bonchev–Trinajstić information content (AvgIpc) is 2.80. The smallest absolute Gasteiger partial charge is 0.279 e. The van der Waals surface area contributed by atoms with E-state index in [0.717, 1.165) is 32.2 Å². The third-order valence-corrected chi connectivity index (χ3v) is 5.33. The third kappa shape index (κ3) is 3.64. The number of nitrogens with one attached hydrogen (secondary N) is 2. The van der Waals surface area contributed by atoms with E-state index in [4.69, 9.17) is 0 Å². The second-order valence-electron chi connectivity index (χ2n) is 5.23. The number of rotatable bonds is 4. The van der Waals surface area contributed by atoms with E-state index in [-0.39, 0.29) is 0 Å². The maximum absolute atomic E-state index is 12.0. The molecule has 17 heavy (non-hydrogen) atoms. The van der Waals surface area contributed by atoms with Crippen molar-refractivity contribution in [3.8, 4) is 0 Å². The Hall–Kier alpha value is -0.170. The first-order chi connectivity index (χ1) is 8.08. The van der Waals surface area contributed by atoms with E-state index in [0.29, 0.717) is 31.6 Å². The van der Waals surface area contributed by atoms with Crippen LogP contribution >= 0.6 is 0 Å². The minimum atomic E-state index is -3.25. The molecule has 0 radical (unpaired) electrons. The molecule has 1 atom stereocenters. The van der Waals surface area contributed by atoms with Gasteiger partial charge in [-0.2, -0.15) is 12.7 Å². The highest BCUT2D eigenvalue weighted by Gasteiger charge is 2.27. The van der Waals surface area contributed by atoms with Crippen molar-refractivity contribution in [3.05, 3.63) is 0 Å². The Kier molecular flexibility index (Phi) is 4.41. The van der Waals surface area contributed by atoms with E-state index in [2.05, 4.69) is 17.0 Å². The van der Waals surface area contributed by atoms with Crippen molar-refractivity contribution >= 4 is 10.2 Å². The number of hydrogen-bond acceptors (Lipinski definition) is 3. The molecule has 0 aromatic heterocycles. The van der Waals surface area contributed by atoms with Crippen LogP contribution in [0.4, 0.5) is 0 Å². The van der Waals surface area contributed by atoms with Crippen LogP contribution in [-0.2, 0) is 10.2 Å². The van der Waals surface area contributed by atoms with Gasteiger partial charge in [-0.05, 0) is 38.1 Å². The SMILES string of the molecule is CC1CCN(S(=O)(=O)NCC2CCCN2)CC1.